The molecule has 0 aliphatic rings. The molecule has 1 aromatic rings. The Labute approximate surface area is 98.3 Å². The molecule has 2 nitrogen and oxygen atoms in total. The number of hydrogen-bond donors (Lipinski definition) is 1. The first-order chi connectivity index (χ1) is 7.88. The van der Waals surface area contributed by atoms with Crippen molar-refractivity contribution in [1.29, 1.82) is 5.26 Å². The molecule has 0 fully saturated rings. The first-order valence-corrected chi connectivity index (χ1v) is 6.03. The van der Waals surface area contributed by atoms with Gasteiger partial charge in [0.1, 0.15) is 0 Å². The molecule has 0 aliphatic carbocycles. The van der Waals surface area contributed by atoms with Gasteiger partial charge in [-0.15, -0.1) is 0 Å². The van der Waals surface area contributed by atoms with Crippen molar-refractivity contribution in [2.24, 2.45) is 0 Å². The van der Waals surface area contributed by atoms with Gasteiger partial charge in [-0.05, 0) is 18.5 Å². The summed E-state index contributed by atoms with van der Waals surface area (Å²) in [7, 11) is 0. The summed E-state index contributed by atoms with van der Waals surface area (Å²) in [4.78, 5) is 0. The highest BCUT2D eigenvalue weighted by Crippen LogP contribution is 2.12. The molecular formula is C14H20N2. The van der Waals surface area contributed by atoms with Gasteiger partial charge in [0, 0.05) is 6.54 Å². The molecule has 1 N–H and O–H groups in total. The summed E-state index contributed by atoms with van der Waals surface area (Å²) in [5.74, 6) is -0.0252. The second-order valence-corrected chi connectivity index (χ2v) is 4.00. The van der Waals surface area contributed by atoms with Crippen LogP contribution in [0.25, 0.3) is 0 Å². The Hall–Kier alpha value is -1.33. The maximum Gasteiger partial charge on any atom is 0.0837 e. The highest BCUT2D eigenvalue weighted by atomic mass is 14.9. The van der Waals surface area contributed by atoms with Gasteiger partial charge in [-0.25, -0.2) is 0 Å². The number of benzene rings is 1. The summed E-state index contributed by atoms with van der Waals surface area (Å²) < 4.78 is 0. The van der Waals surface area contributed by atoms with E-state index < -0.39 is 0 Å². The van der Waals surface area contributed by atoms with Crippen molar-refractivity contribution in [3.05, 3.63) is 35.9 Å². The van der Waals surface area contributed by atoms with Crippen molar-refractivity contribution in [1.82, 2.24) is 5.32 Å². The highest BCUT2D eigenvalue weighted by molar-refractivity contribution is 5.24. The minimum atomic E-state index is -0.0252. The first-order valence-electron chi connectivity index (χ1n) is 6.03. The number of unbranched alkanes of at least 4 members (excludes halogenated alkanes) is 2. The molecule has 16 heavy (non-hydrogen) atoms. The minimum absolute atomic E-state index is 0.0252. The zero-order valence-electron chi connectivity index (χ0n) is 9.95. The van der Waals surface area contributed by atoms with E-state index in [1.165, 1.54) is 19.3 Å². The lowest BCUT2D eigenvalue weighted by molar-refractivity contribution is 0.600. The molecule has 2 heteroatoms. The Balaban J connectivity index is 2.31. The number of rotatable bonds is 7. The van der Waals surface area contributed by atoms with Crippen LogP contribution in [0.3, 0.4) is 0 Å². The van der Waals surface area contributed by atoms with Crippen molar-refractivity contribution in [3.8, 4) is 6.07 Å². The quantitative estimate of drug-likeness (QED) is 0.711. The largest absolute Gasteiger partial charge is 0.315 e. The van der Waals surface area contributed by atoms with E-state index in [-0.39, 0.29) is 5.92 Å². The fraction of sp³-hybridized carbons (Fsp3) is 0.500. The van der Waals surface area contributed by atoms with Gasteiger partial charge in [-0.2, -0.15) is 5.26 Å². The van der Waals surface area contributed by atoms with Gasteiger partial charge in [0.2, 0.25) is 0 Å². The van der Waals surface area contributed by atoms with Crippen molar-refractivity contribution < 1.29 is 0 Å². The molecule has 0 aliphatic heterocycles. The van der Waals surface area contributed by atoms with Crippen LogP contribution < -0.4 is 5.32 Å². The third kappa shape index (κ3) is 4.46. The lowest BCUT2D eigenvalue weighted by atomic mass is 10.0. The maximum atomic E-state index is 9.09. The summed E-state index contributed by atoms with van der Waals surface area (Å²) in [5.41, 5.74) is 1.10. The second-order valence-electron chi connectivity index (χ2n) is 4.00. The van der Waals surface area contributed by atoms with Crippen molar-refractivity contribution in [2.75, 3.05) is 13.1 Å². The van der Waals surface area contributed by atoms with Crippen LogP contribution >= 0.6 is 0 Å². The summed E-state index contributed by atoms with van der Waals surface area (Å²) in [5, 5.41) is 12.4. The smallest absolute Gasteiger partial charge is 0.0837 e. The monoisotopic (exact) mass is 216 g/mol. The Morgan fingerprint density at radius 1 is 1.25 bits per heavy atom. The SMILES string of the molecule is CCCCCNCC(C#N)c1ccccc1. The van der Waals surface area contributed by atoms with Crippen LogP contribution in [0.1, 0.15) is 37.7 Å². The Bertz CT molecular complexity index is 313. The lowest BCUT2D eigenvalue weighted by Crippen LogP contribution is -2.21. The van der Waals surface area contributed by atoms with E-state index in [2.05, 4.69) is 18.3 Å². The molecule has 86 valence electrons. The summed E-state index contributed by atoms with van der Waals surface area (Å²) in [6.45, 7) is 3.96. The molecule has 0 spiro atoms. The molecule has 1 atom stereocenters. The van der Waals surface area contributed by atoms with Crippen LogP contribution in [0.4, 0.5) is 0 Å². The van der Waals surface area contributed by atoms with E-state index in [4.69, 9.17) is 5.26 Å². The van der Waals surface area contributed by atoms with Crippen molar-refractivity contribution in [2.45, 2.75) is 32.1 Å². The molecule has 0 bridgehead atoms. The van der Waals surface area contributed by atoms with Crippen LogP contribution in [0, 0.1) is 11.3 Å². The molecule has 1 unspecified atom stereocenters. The van der Waals surface area contributed by atoms with E-state index in [1.807, 2.05) is 30.3 Å². The Kier molecular flexibility index (Phi) is 6.29. The normalized spacial score (nSPS) is 12.0. The molecule has 0 amide bonds. The zero-order chi connectivity index (χ0) is 11.6. The van der Waals surface area contributed by atoms with Crippen molar-refractivity contribution >= 4 is 0 Å². The predicted octanol–water partition coefficient (Wildman–Crippen LogP) is 3.07. The predicted molar refractivity (Wildman–Crippen MR) is 67.2 cm³/mol. The van der Waals surface area contributed by atoms with E-state index in [9.17, 15) is 0 Å². The van der Waals surface area contributed by atoms with Gasteiger partial charge in [0.05, 0.1) is 12.0 Å². The summed E-state index contributed by atoms with van der Waals surface area (Å²) >= 11 is 0. The average Bonchev–Trinajstić information content (AvgIpc) is 2.35. The summed E-state index contributed by atoms with van der Waals surface area (Å²) in [6.07, 6.45) is 3.70. The molecule has 0 aromatic heterocycles. The van der Waals surface area contributed by atoms with E-state index in [0.717, 1.165) is 18.7 Å². The molecule has 1 rings (SSSR count). The van der Waals surface area contributed by atoms with Gasteiger partial charge in [-0.3, -0.25) is 0 Å². The van der Waals surface area contributed by atoms with Gasteiger partial charge in [0.15, 0.2) is 0 Å². The average molecular weight is 216 g/mol. The van der Waals surface area contributed by atoms with Crippen molar-refractivity contribution in [3.63, 3.8) is 0 Å². The topological polar surface area (TPSA) is 35.8 Å². The number of nitrogens with zero attached hydrogens (tertiary/aromatic N) is 1. The molecule has 0 saturated carbocycles. The molecule has 1 aromatic carbocycles. The van der Waals surface area contributed by atoms with Gasteiger partial charge < -0.3 is 5.32 Å². The van der Waals surface area contributed by atoms with Crippen LogP contribution in [-0.4, -0.2) is 13.1 Å². The Morgan fingerprint density at radius 3 is 2.62 bits per heavy atom. The fourth-order valence-electron chi connectivity index (χ4n) is 1.67. The third-order valence-electron chi connectivity index (χ3n) is 2.66. The fourth-order valence-corrected chi connectivity index (χ4v) is 1.67. The number of hydrogen-bond acceptors (Lipinski definition) is 2. The standard InChI is InChI=1S/C14H20N2/c1-2-3-7-10-16-12-14(11-15)13-8-5-4-6-9-13/h4-6,8-9,14,16H,2-3,7,10,12H2,1H3. The first kappa shape index (κ1) is 12.7. The maximum absolute atomic E-state index is 9.09. The summed E-state index contributed by atoms with van der Waals surface area (Å²) in [6, 6.07) is 12.3. The Morgan fingerprint density at radius 2 is 2.00 bits per heavy atom. The lowest BCUT2D eigenvalue weighted by Gasteiger charge is -2.10. The van der Waals surface area contributed by atoms with Gasteiger partial charge >= 0.3 is 0 Å². The highest BCUT2D eigenvalue weighted by Gasteiger charge is 2.08. The van der Waals surface area contributed by atoms with Crippen LogP contribution in [0.15, 0.2) is 30.3 Å². The molecular weight excluding hydrogens is 196 g/mol. The molecule has 0 radical (unpaired) electrons. The van der Waals surface area contributed by atoms with Crippen LogP contribution in [0.5, 0.6) is 0 Å². The zero-order valence-corrected chi connectivity index (χ0v) is 9.95. The van der Waals surface area contributed by atoms with Crippen LogP contribution in [0.2, 0.25) is 0 Å². The second kappa shape index (κ2) is 7.90. The molecule has 0 heterocycles. The molecule has 0 saturated heterocycles. The van der Waals surface area contributed by atoms with Gasteiger partial charge in [-0.1, -0.05) is 50.1 Å². The minimum Gasteiger partial charge on any atom is -0.315 e. The number of nitrogens with one attached hydrogen (secondary N) is 1. The third-order valence-corrected chi connectivity index (χ3v) is 2.66. The van der Waals surface area contributed by atoms with E-state index >= 15 is 0 Å². The van der Waals surface area contributed by atoms with E-state index in [1.54, 1.807) is 0 Å². The van der Waals surface area contributed by atoms with E-state index in [0.29, 0.717) is 0 Å². The van der Waals surface area contributed by atoms with Crippen LogP contribution in [-0.2, 0) is 0 Å². The number of nitriles is 1. The van der Waals surface area contributed by atoms with Gasteiger partial charge in [0.25, 0.3) is 0 Å².